The van der Waals surface area contributed by atoms with Gasteiger partial charge in [-0.1, -0.05) is 35.9 Å². The molecule has 1 saturated heterocycles. The van der Waals surface area contributed by atoms with Crippen molar-refractivity contribution in [2.24, 2.45) is 0 Å². The number of morpholine rings is 1. The molecular weight excluding hydrogens is 426 g/mol. The molecule has 156 valence electrons. The van der Waals surface area contributed by atoms with Crippen LogP contribution in [0.3, 0.4) is 0 Å². The van der Waals surface area contributed by atoms with Gasteiger partial charge in [0.1, 0.15) is 11.6 Å². The van der Waals surface area contributed by atoms with Crippen LogP contribution in [0.4, 0.5) is 14.5 Å². The minimum atomic E-state index is -0.287. The first kappa shape index (κ1) is 21.1. The summed E-state index contributed by atoms with van der Waals surface area (Å²) in [6, 6.07) is 20.4. The molecule has 7 heteroatoms. The number of hydrogen-bond donors (Lipinski definition) is 1. The average molecular weight is 447 g/mol. The maximum Gasteiger partial charge on any atom is 0.123 e. The van der Waals surface area contributed by atoms with E-state index in [0.717, 1.165) is 23.4 Å². The number of ether oxygens (including phenoxy) is 1. The zero-order chi connectivity index (χ0) is 20.9. The Hall–Kier alpha value is -2.12. The van der Waals surface area contributed by atoms with E-state index < -0.39 is 0 Å². The lowest BCUT2D eigenvalue weighted by Gasteiger charge is -2.36. The van der Waals surface area contributed by atoms with Crippen LogP contribution in [-0.2, 0) is 4.74 Å². The van der Waals surface area contributed by atoms with Crippen molar-refractivity contribution >= 4 is 29.4 Å². The molecule has 30 heavy (non-hydrogen) atoms. The van der Waals surface area contributed by atoms with Gasteiger partial charge >= 0.3 is 0 Å². The highest BCUT2D eigenvalue weighted by Crippen LogP contribution is 2.33. The molecule has 4 rings (SSSR count). The van der Waals surface area contributed by atoms with Crippen molar-refractivity contribution in [1.82, 2.24) is 4.31 Å². The van der Waals surface area contributed by atoms with Crippen molar-refractivity contribution in [2.45, 2.75) is 12.0 Å². The van der Waals surface area contributed by atoms with E-state index in [1.165, 1.54) is 36.4 Å². The molecule has 0 saturated carbocycles. The summed E-state index contributed by atoms with van der Waals surface area (Å²) >= 11 is 7.45. The van der Waals surface area contributed by atoms with Gasteiger partial charge in [-0.05, 0) is 59.7 Å². The van der Waals surface area contributed by atoms with Crippen LogP contribution in [0.5, 0.6) is 0 Å². The maximum atomic E-state index is 13.5. The second-order valence-corrected chi connectivity index (χ2v) is 8.42. The molecule has 0 aromatic heterocycles. The molecule has 0 spiro atoms. The Morgan fingerprint density at radius 2 is 1.47 bits per heavy atom. The molecule has 0 bridgehead atoms. The van der Waals surface area contributed by atoms with Crippen molar-refractivity contribution in [2.75, 3.05) is 24.4 Å². The Morgan fingerprint density at radius 3 is 2.03 bits per heavy atom. The molecular formula is C23H21ClF2N2OS. The van der Waals surface area contributed by atoms with Crippen molar-refractivity contribution in [3.63, 3.8) is 0 Å². The van der Waals surface area contributed by atoms with E-state index in [4.69, 9.17) is 16.3 Å². The first-order valence-electron chi connectivity index (χ1n) is 9.64. The smallest absolute Gasteiger partial charge is 0.123 e. The van der Waals surface area contributed by atoms with E-state index in [-0.39, 0.29) is 23.7 Å². The quantitative estimate of drug-likeness (QED) is 0.460. The van der Waals surface area contributed by atoms with Crippen molar-refractivity contribution in [3.05, 3.63) is 101 Å². The minimum Gasteiger partial charge on any atom is -0.374 e. The number of halogens is 3. The normalized spacial score (nSPS) is 17.3. The van der Waals surface area contributed by atoms with E-state index in [9.17, 15) is 8.78 Å². The second kappa shape index (κ2) is 9.79. The summed E-state index contributed by atoms with van der Waals surface area (Å²) in [7, 11) is 0. The molecule has 1 aliphatic heterocycles. The van der Waals surface area contributed by atoms with Gasteiger partial charge in [0, 0.05) is 41.9 Å². The fourth-order valence-corrected chi connectivity index (χ4v) is 4.42. The Balaban J connectivity index is 1.51. The van der Waals surface area contributed by atoms with Crippen LogP contribution in [0, 0.1) is 11.6 Å². The Kier molecular flexibility index (Phi) is 6.89. The van der Waals surface area contributed by atoms with Gasteiger partial charge < -0.3 is 9.46 Å². The second-order valence-electron chi connectivity index (χ2n) is 7.08. The van der Waals surface area contributed by atoms with Crippen LogP contribution >= 0.6 is 23.7 Å². The van der Waals surface area contributed by atoms with Gasteiger partial charge in [0.15, 0.2) is 0 Å². The monoisotopic (exact) mass is 446 g/mol. The van der Waals surface area contributed by atoms with Crippen molar-refractivity contribution in [3.8, 4) is 0 Å². The molecule has 0 amide bonds. The van der Waals surface area contributed by atoms with Crippen LogP contribution in [0.2, 0.25) is 5.02 Å². The van der Waals surface area contributed by atoms with E-state index in [2.05, 4.69) is 9.03 Å². The molecule has 3 aromatic carbocycles. The van der Waals surface area contributed by atoms with Gasteiger partial charge in [-0.25, -0.2) is 13.1 Å². The van der Waals surface area contributed by atoms with E-state index in [1.54, 1.807) is 24.3 Å². The lowest BCUT2D eigenvalue weighted by atomic mass is 9.86. The molecule has 1 N–H and O–H groups in total. The first-order valence-corrected chi connectivity index (χ1v) is 10.8. The summed E-state index contributed by atoms with van der Waals surface area (Å²) in [6.45, 7) is 1.99. The van der Waals surface area contributed by atoms with E-state index in [1.807, 2.05) is 24.3 Å². The van der Waals surface area contributed by atoms with E-state index in [0.29, 0.717) is 18.2 Å². The molecule has 1 heterocycles. The van der Waals surface area contributed by atoms with Gasteiger partial charge in [-0.15, -0.1) is 0 Å². The van der Waals surface area contributed by atoms with Crippen LogP contribution in [-0.4, -0.2) is 30.1 Å². The summed E-state index contributed by atoms with van der Waals surface area (Å²) in [6.07, 6.45) is -0.158. The first-order chi connectivity index (χ1) is 14.6. The van der Waals surface area contributed by atoms with Crippen LogP contribution in [0.1, 0.15) is 17.0 Å². The number of benzene rings is 3. The van der Waals surface area contributed by atoms with Crippen LogP contribution in [0.15, 0.2) is 72.8 Å². The number of nitrogens with zero attached hydrogens (tertiary/aromatic N) is 1. The predicted molar refractivity (Wildman–Crippen MR) is 119 cm³/mol. The summed E-state index contributed by atoms with van der Waals surface area (Å²) in [4.78, 5) is 0. The van der Waals surface area contributed by atoms with Gasteiger partial charge in [0.05, 0.1) is 12.7 Å². The Morgan fingerprint density at radius 1 is 0.900 bits per heavy atom. The third-order valence-electron chi connectivity index (χ3n) is 5.02. The summed E-state index contributed by atoms with van der Waals surface area (Å²) in [5.41, 5.74) is 2.83. The number of rotatable bonds is 6. The minimum absolute atomic E-state index is 0.134. The van der Waals surface area contributed by atoms with Gasteiger partial charge in [-0.3, -0.25) is 0 Å². The SMILES string of the molecule is Fc1ccc(C(c2ccc(F)cc2)C2CN(SNc3ccc(Cl)cc3)CCO2)cc1. The van der Waals surface area contributed by atoms with Gasteiger partial charge in [0.25, 0.3) is 0 Å². The fourth-order valence-electron chi connectivity index (χ4n) is 3.53. The molecule has 0 aliphatic carbocycles. The average Bonchev–Trinajstić information content (AvgIpc) is 2.77. The fraction of sp³-hybridized carbons (Fsp3) is 0.217. The topological polar surface area (TPSA) is 24.5 Å². The maximum absolute atomic E-state index is 13.5. The Labute approximate surface area is 184 Å². The summed E-state index contributed by atoms with van der Waals surface area (Å²) < 4.78 is 38.6. The molecule has 1 fully saturated rings. The molecule has 3 nitrogen and oxygen atoms in total. The Bertz CT molecular complexity index is 909. The highest BCUT2D eigenvalue weighted by Gasteiger charge is 2.31. The lowest BCUT2D eigenvalue weighted by molar-refractivity contribution is -0.00693. The predicted octanol–water partition coefficient (Wildman–Crippen LogP) is 6.13. The standard InChI is InChI=1S/C23H21ClF2N2OS/c24-18-5-11-21(12-6-18)27-30-28-13-14-29-22(15-28)23(16-1-7-19(25)8-2-16)17-3-9-20(26)10-4-17/h1-12,22-23,27H,13-15H2. The zero-order valence-corrected chi connectivity index (χ0v) is 17.7. The summed E-state index contributed by atoms with van der Waals surface area (Å²) in [5.74, 6) is -0.707. The third-order valence-corrected chi connectivity index (χ3v) is 6.19. The number of hydrogen-bond acceptors (Lipinski definition) is 4. The highest BCUT2D eigenvalue weighted by atomic mass is 35.5. The van der Waals surface area contributed by atoms with Gasteiger partial charge in [0.2, 0.25) is 0 Å². The van der Waals surface area contributed by atoms with E-state index >= 15 is 0 Å². The molecule has 0 radical (unpaired) electrons. The molecule has 3 aromatic rings. The largest absolute Gasteiger partial charge is 0.374 e. The van der Waals surface area contributed by atoms with Crippen LogP contribution in [0.25, 0.3) is 0 Å². The van der Waals surface area contributed by atoms with Gasteiger partial charge in [-0.2, -0.15) is 0 Å². The highest BCUT2D eigenvalue weighted by molar-refractivity contribution is 7.98. The number of nitrogens with one attached hydrogen (secondary N) is 1. The zero-order valence-electron chi connectivity index (χ0n) is 16.1. The molecule has 1 atom stereocenters. The van der Waals surface area contributed by atoms with Crippen LogP contribution < -0.4 is 4.72 Å². The molecule has 1 unspecified atom stereocenters. The van der Waals surface area contributed by atoms with Crippen molar-refractivity contribution in [1.29, 1.82) is 0 Å². The van der Waals surface area contributed by atoms with Crippen molar-refractivity contribution < 1.29 is 13.5 Å². The number of anilines is 1. The lowest BCUT2D eigenvalue weighted by Crippen LogP contribution is -2.42. The summed E-state index contributed by atoms with van der Waals surface area (Å²) in [5, 5.41) is 0.693. The molecule has 1 aliphatic rings. The third kappa shape index (κ3) is 5.32.